The summed E-state index contributed by atoms with van der Waals surface area (Å²) in [6.07, 6.45) is 0.773. The van der Waals surface area contributed by atoms with Gasteiger partial charge in [-0.05, 0) is 6.07 Å². The third-order valence-electron chi connectivity index (χ3n) is 1.43. The van der Waals surface area contributed by atoms with Crippen molar-refractivity contribution >= 4 is 0 Å². The van der Waals surface area contributed by atoms with Gasteiger partial charge in [-0.3, -0.25) is 0 Å². The van der Waals surface area contributed by atoms with Crippen molar-refractivity contribution in [2.45, 2.75) is 6.42 Å². The Labute approximate surface area is 76.5 Å². The third-order valence-corrected chi connectivity index (χ3v) is 1.43. The molecule has 1 aromatic rings. The fraction of sp³-hybridized carbons (Fsp3) is 0.444. The van der Waals surface area contributed by atoms with E-state index >= 15 is 0 Å². The van der Waals surface area contributed by atoms with Crippen LogP contribution in [0.25, 0.3) is 0 Å². The van der Waals surface area contributed by atoms with Crippen molar-refractivity contribution < 1.29 is 13.9 Å². The summed E-state index contributed by atoms with van der Waals surface area (Å²) in [5.74, 6) is -0.208. The van der Waals surface area contributed by atoms with Gasteiger partial charge in [0, 0.05) is 26.2 Å². The Kier molecular flexibility index (Phi) is 4.18. The molecule has 0 fully saturated rings. The second-order valence-corrected chi connectivity index (χ2v) is 2.49. The van der Waals surface area contributed by atoms with Crippen LogP contribution in [0.15, 0.2) is 18.2 Å². The van der Waals surface area contributed by atoms with Crippen LogP contribution in [-0.2, 0) is 4.74 Å². The molecule has 1 aromatic heterocycles. The van der Waals surface area contributed by atoms with E-state index in [0.29, 0.717) is 19.1 Å². The summed E-state index contributed by atoms with van der Waals surface area (Å²) in [5.41, 5.74) is 0. The van der Waals surface area contributed by atoms with Gasteiger partial charge in [-0.1, -0.05) is 6.07 Å². The SMILES string of the molecule is COCCCOc1cccc(F)n1. The highest BCUT2D eigenvalue weighted by molar-refractivity contribution is 5.10. The van der Waals surface area contributed by atoms with Crippen LogP contribution >= 0.6 is 0 Å². The van der Waals surface area contributed by atoms with E-state index in [-0.39, 0.29) is 0 Å². The number of methoxy groups -OCH3 is 1. The molecule has 0 aliphatic heterocycles. The molecule has 0 bridgehead atoms. The van der Waals surface area contributed by atoms with Gasteiger partial charge in [0.25, 0.3) is 0 Å². The number of hydrogen-bond donors (Lipinski definition) is 0. The first-order chi connectivity index (χ1) is 6.33. The van der Waals surface area contributed by atoms with E-state index in [2.05, 4.69) is 4.98 Å². The Morgan fingerprint density at radius 3 is 2.92 bits per heavy atom. The first-order valence-corrected chi connectivity index (χ1v) is 4.07. The molecule has 72 valence electrons. The third kappa shape index (κ3) is 3.85. The van der Waals surface area contributed by atoms with Gasteiger partial charge in [-0.2, -0.15) is 9.37 Å². The maximum Gasteiger partial charge on any atom is 0.216 e. The Morgan fingerprint density at radius 2 is 2.23 bits per heavy atom. The van der Waals surface area contributed by atoms with Gasteiger partial charge in [-0.25, -0.2) is 0 Å². The standard InChI is InChI=1S/C9H12FNO2/c1-12-6-3-7-13-9-5-2-4-8(10)11-9/h2,4-5H,3,6-7H2,1H3. The number of hydrogen-bond acceptors (Lipinski definition) is 3. The molecule has 0 spiro atoms. The lowest BCUT2D eigenvalue weighted by molar-refractivity contribution is 0.170. The molecule has 0 radical (unpaired) electrons. The molecule has 1 rings (SSSR count). The van der Waals surface area contributed by atoms with Crippen LogP contribution in [0, 0.1) is 5.95 Å². The lowest BCUT2D eigenvalue weighted by Crippen LogP contribution is -2.02. The molecule has 0 unspecified atom stereocenters. The molecule has 0 saturated carbocycles. The molecule has 0 N–H and O–H groups in total. The summed E-state index contributed by atoms with van der Waals surface area (Å²) in [7, 11) is 1.63. The van der Waals surface area contributed by atoms with Crippen molar-refractivity contribution in [1.29, 1.82) is 0 Å². The zero-order valence-electron chi connectivity index (χ0n) is 7.50. The highest BCUT2D eigenvalue weighted by Gasteiger charge is 1.96. The minimum atomic E-state index is -0.524. The lowest BCUT2D eigenvalue weighted by atomic mass is 10.4. The molecule has 0 amide bonds. The Balaban J connectivity index is 2.28. The molecule has 0 aliphatic carbocycles. The summed E-state index contributed by atoms with van der Waals surface area (Å²) in [5, 5.41) is 0. The zero-order chi connectivity index (χ0) is 9.52. The van der Waals surface area contributed by atoms with E-state index < -0.39 is 5.95 Å². The molecule has 13 heavy (non-hydrogen) atoms. The summed E-state index contributed by atoms with van der Waals surface area (Å²) in [4.78, 5) is 3.54. The van der Waals surface area contributed by atoms with Crippen molar-refractivity contribution in [3.05, 3.63) is 24.1 Å². The maximum absolute atomic E-state index is 12.5. The predicted molar refractivity (Wildman–Crippen MR) is 46.2 cm³/mol. The monoisotopic (exact) mass is 185 g/mol. The van der Waals surface area contributed by atoms with E-state index in [1.165, 1.54) is 6.07 Å². The van der Waals surface area contributed by atoms with E-state index in [1.54, 1.807) is 19.2 Å². The molecule has 0 aliphatic rings. The highest BCUT2D eigenvalue weighted by atomic mass is 19.1. The average molecular weight is 185 g/mol. The van der Waals surface area contributed by atoms with E-state index in [0.717, 1.165) is 6.42 Å². The van der Waals surface area contributed by atoms with Crippen LogP contribution in [0.2, 0.25) is 0 Å². The largest absolute Gasteiger partial charge is 0.478 e. The summed E-state index contributed by atoms with van der Waals surface area (Å²) < 4.78 is 22.5. The van der Waals surface area contributed by atoms with Gasteiger partial charge in [0.15, 0.2) is 0 Å². The van der Waals surface area contributed by atoms with Crippen molar-refractivity contribution in [3.63, 3.8) is 0 Å². The number of aromatic nitrogens is 1. The van der Waals surface area contributed by atoms with Gasteiger partial charge in [0.2, 0.25) is 11.8 Å². The van der Waals surface area contributed by atoms with Gasteiger partial charge in [-0.15, -0.1) is 0 Å². The minimum Gasteiger partial charge on any atom is -0.478 e. The Hall–Kier alpha value is -1.16. The first kappa shape index (κ1) is 9.92. The van der Waals surface area contributed by atoms with Gasteiger partial charge < -0.3 is 9.47 Å². The van der Waals surface area contributed by atoms with E-state index in [1.807, 2.05) is 0 Å². The zero-order valence-corrected chi connectivity index (χ0v) is 7.50. The van der Waals surface area contributed by atoms with Crippen LogP contribution in [-0.4, -0.2) is 25.3 Å². The van der Waals surface area contributed by atoms with Crippen LogP contribution in [0.1, 0.15) is 6.42 Å². The quantitative estimate of drug-likeness (QED) is 0.516. The van der Waals surface area contributed by atoms with E-state index in [9.17, 15) is 4.39 Å². The molecule has 4 heteroatoms. The van der Waals surface area contributed by atoms with Gasteiger partial charge >= 0.3 is 0 Å². The average Bonchev–Trinajstić information content (AvgIpc) is 2.13. The predicted octanol–water partition coefficient (Wildman–Crippen LogP) is 1.64. The number of nitrogens with zero attached hydrogens (tertiary/aromatic N) is 1. The van der Waals surface area contributed by atoms with E-state index in [4.69, 9.17) is 9.47 Å². The summed E-state index contributed by atoms with van der Waals surface area (Å²) in [6, 6.07) is 4.46. The number of pyridine rings is 1. The normalized spacial score (nSPS) is 10.0. The molecular weight excluding hydrogens is 173 g/mol. The molecule has 0 atom stereocenters. The van der Waals surface area contributed by atoms with Crippen LogP contribution < -0.4 is 4.74 Å². The van der Waals surface area contributed by atoms with Gasteiger partial charge in [0.05, 0.1) is 6.61 Å². The number of halogens is 1. The molecule has 0 aromatic carbocycles. The number of ether oxygens (including phenoxy) is 2. The summed E-state index contributed by atoms with van der Waals surface area (Å²) >= 11 is 0. The fourth-order valence-electron chi connectivity index (χ4n) is 0.850. The fourth-order valence-corrected chi connectivity index (χ4v) is 0.850. The smallest absolute Gasteiger partial charge is 0.216 e. The second kappa shape index (κ2) is 5.48. The van der Waals surface area contributed by atoms with Crippen molar-refractivity contribution in [2.75, 3.05) is 20.3 Å². The summed E-state index contributed by atoms with van der Waals surface area (Å²) in [6.45, 7) is 1.12. The van der Waals surface area contributed by atoms with Crippen LogP contribution in [0.4, 0.5) is 4.39 Å². The lowest BCUT2D eigenvalue weighted by Gasteiger charge is -2.03. The molecular formula is C9H12FNO2. The maximum atomic E-state index is 12.5. The minimum absolute atomic E-state index is 0.316. The first-order valence-electron chi connectivity index (χ1n) is 4.07. The topological polar surface area (TPSA) is 31.4 Å². The molecule has 0 saturated heterocycles. The second-order valence-electron chi connectivity index (χ2n) is 2.49. The van der Waals surface area contributed by atoms with Crippen LogP contribution in [0.5, 0.6) is 5.88 Å². The number of rotatable bonds is 5. The van der Waals surface area contributed by atoms with Crippen molar-refractivity contribution in [3.8, 4) is 5.88 Å². The van der Waals surface area contributed by atoms with Crippen molar-refractivity contribution in [1.82, 2.24) is 4.98 Å². The van der Waals surface area contributed by atoms with Gasteiger partial charge in [0.1, 0.15) is 0 Å². The Bertz CT molecular complexity index is 255. The highest BCUT2D eigenvalue weighted by Crippen LogP contribution is 2.06. The van der Waals surface area contributed by atoms with Crippen LogP contribution in [0.3, 0.4) is 0 Å². The molecule has 1 heterocycles. The Morgan fingerprint density at radius 1 is 1.38 bits per heavy atom. The van der Waals surface area contributed by atoms with Crippen molar-refractivity contribution in [2.24, 2.45) is 0 Å². The molecule has 3 nitrogen and oxygen atoms in total.